The fraction of sp³-hybridized carbons (Fsp3) is 0.320. The van der Waals surface area contributed by atoms with Gasteiger partial charge in [0.1, 0.15) is 5.75 Å². The van der Waals surface area contributed by atoms with E-state index in [-0.39, 0.29) is 5.28 Å². The van der Waals surface area contributed by atoms with Gasteiger partial charge in [0, 0.05) is 44.4 Å². The van der Waals surface area contributed by atoms with Crippen molar-refractivity contribution in [3.63, 3.8) is 0 Å². The molecule has 0 atom stereocenters. The van der Waals surface area contributed by atoms with E-state index in [2.05, 4.69) is 81.5 Å². The maximum absolute atomic E-state index is 6.34. The Balaban J connectivity index is 1.50. The molecule has 0 spiro atoms. The van der Waals surface area contributed by atoms with Crippen LogP contribution >= 0.6 is 11.6 Å². The summed E-state index contributed by atoms with van der Waals surface area (Å²) < 4.78 is 7.82. The van der Waals surface area contributed by atoms with E-state index in [9.17, 15) is 0 Å². The highest BCUT2D eigenvalue weighted by atomic mass is 35.5. The van der Waals surface area contributed by atoms with Gasteiger partial charge in [0.25, 0.3) is 0 Å². The Hall–Kier alpha value is -3.00. The molecule has 4 aromatic rings. The fourth-order valence-electron chi connectivity index (χ4n) is 4.12. The number of hydrogen-bond acceptors (Lipinski definition) is 6. The van der Waals surface area contributed by atoms with E-state index in [1.807, 2.05) is 0 Å². The van der Waals surface area contributed by atoms with Crippen LogP contribution in [0.5, 0.6) is 11.6 Å². The van der Waals surface area contributed by atoms with Crippen molar-refractivity contribution in [2.45, 2.75) is 19.9 Å². The number of likely N-dealkylation sites (N-methyl/N-ethyl adjacent to an activating group) is 1. The second-order valence-corrected chi connectivity index (χ2v) is 8.81. The van der Waals surface area contributed by atoms with Crippen LogP contribution in [0.15, 0.2) is 54.6 Å². The first-order valence-electron chi connectivity index (χ1n) is 11.3. The smallest absolute Gasteiger partial charge is 0.246 e. The monoisotopic (exact) mass is 462 g/mol. The number of fused-ring (bicyclic) bond motifs is 1. The molecule has 2 aromatic carbocycles. The summed E-state index contributed by atoms with van der Waals surface area (Å²) in [6, 6.07) is 18.7. The maximum atomic E-state index is 6.34. The molecular formula is C25H27ClN6O. The summed E-state index contributed by atoms with van der Waals surface area (Å²) in [5.74, 6) is 1.21. The molecule has 0 unspecified atom stereocenters. The van der Waals surface area contributed by atoms with Gasteiger partial charge in [-0.2, -0.15) is 4.52 Å². The Bertz CT molecular complexity index is 1260. The van der Waals surface area contributed by atoms with Crippen molar-refractivity contribution in [2.75, 3.05) is 33.2 Å². The Morgan fingerprint density at radius 1 is 0.939 bits per heavy atom. The maximum Gasteiger partial charge on any atom is 0.246 e. The predicted octanol–water partition coefficient (Wildman–Crippen LogP) is 4.55. The fourth-order valence-corrected chi connectivity index (χ4v) is 4.29. The number of nitrogens with zero attached hydrogens (tertiary/aromatic N) is 6. The van der Waals surface area contributed by atoms with E-state index in [1.165, 1.54) is 15.6 Å². The SMILES string of the molecule is CCc1cccc(-c2ccc(CN3CCN(C)CC3)cc2Oc2ccc3nnc(Cl)n3n2)c1. The van der Waals surface area contributed by atoms with Crippen LogP contribution in [0.25, 0.3) is 16.8 Å². The normalized spacial score (nSPS) is 15.2. The molecule has 8 heteroatoms. The minimum absolute atomic E-state index is 0.204. The lowest BCUT2D eigenvalue weighted by Crippen LogP contribution is -2.43. The number of rotatable bonds is 6. The van der Waals surface area contributed by atoms with Gasteiger partial charge in [-0.15, -0.1) is 15.3 Å². The Morgan fingerprint density at radius 2 is 1.79 bits per heavy atom. The summed E-state index contributed by atoms with van der Waals surface area (Å²) in [6.45, 7) is 7.37. The van der Waals surface area contributed by atoms with Crippen LogP contribution in [0.2, 0.25) is 5.28 Å². The number of halogens is 1. The van der Waals surface area contributed by atoms with E-state index in [0.29, 0.717) is 11.5 Å². The summed E-state index contributed by atoms with van der Waals surface area (Å²) in [5.41, 5.74) is 5.24. The van der Waals surface area contributed by atoms with Gasteiger partial charge in [-0.05, 0) is 53.9 Å². The highest BCUT2D eigenvalue weighted by molar-refractivity contribution is 6.28. The van der Waals surface area contributed by atoms with E-state index in [1.54, 1.807) is 12.1 Å². The van der Waals surface area contributed by atoms with Crippen molar-refractivity contribution in [2.24, 2.45) is 0 Å². The van der Waals surface area contributed by atoms with Crippen LogP contribution in [0.4, 0.5) is 0 Å². The van der Waals surface area contributed by atoms with Gasteiger partial charge in [-0.25, -0.2) is 0 Å². The van der Waals surface area contributed by atoms with Gasteiger partial charge in [-0.3, -0.25) is 4.90 Å². The number of aryl methyl sites for hydroxylation is 1. The van der Waals surface area contributed by atoms with Crippen molar-refractivity contribution < 1.29 is 4.74 Å². The van der Waals surface area contributed by atoms with Gasteiger partial charge < -0.3 is 9.64 Å². The number of hydrogen-bond donors (Lipinski definition) is 0. The summed E-state index contributed by atoms with van der Waals surface area (Å²) in [6.07, 6.45) is 0.982. The van der Waals surface area contributed by atoms with Gasteiger partial charge in [0.05, 0.1) is 0 Å². The molecule has 0 aliphatic carbocycles. The topological polar surface area (TPSA) is 58.8 Å². The highest BCUT2D eigenvalue weighted by Gasteiger charge is 2.16. The third-order valence-corrected chi connectivity index (χ3v) is 6.34. The van der Waals surface area contributed by atoms with Crippen molar-refractivity contribution in [1.82, 2.24) is 29.6 Å². The van der Waals surface area contributed by atoms with E-state index < -0.39 is 0 Å². The van der Waals surface area contributed by atoms with Gasteiger partial charge in [-0.1, -0.05) is 43.3 Å². The van der Waals surface area contributed by atoms with Gasteiger partial charge >= 0.3 is 0 Å². The zero-order chi connectivity index (χ0) is 22.8. The molecule has 1 fully saturated rings. The molecule has 1 saturated heterocycles. The first-order chi connectivity index (χ1) is 16.1. The first kappa shape index (κ1) is 21.8. The minimum Gasteiger partial charge on any atom is -0.437 e. The second kappa shape index (κ2) is 9.47. The van der Waals surface area contributed by atoms with Crippen molar-refractivity contribution in [1.29, 1.82) is 0 Å². The molecule has 0 amide bonds. The number of piperazine rings is 1. The lowest BCUT2D eigenvalue weighted by molar-refractivity contribution is 0.148. The molecule has 3 heterocycles. The molecule has 1 aliphatic rings. The van der Waals surface area contributed by atoms with Crippen LogP contribution in [-0.2, 0) is 13.0 Å². The summed E-state index contributed by atoms with van der Waals surface area (Å²) >= 11 is 6.11. The Labute approximate surface area is 198 Å². The minimum atomic E-state index is 0.204. The zero-order valence-electron chi connectivity index (χ0n) is 18.9. The lowest BCUT2D eigenvalue weighted by Gasteiger charge is -2.32. The summed E-state index contributed by atoms with van der Waals surface area (Å²) in [5, 5.41) is 12.5. The van der Waals surface area contributed by atoms with E-state index in [4.69, 9.17) is 16.3 Å². The van der Waals surface area contributed by atoms with E-state index in [0.717, 1.165) is 56.0 Å². The molecule has 0 bridgehead atoms. The van der Waals surface area contributed by atoms with Crippen LogP contribution in [0.3, 0.4) is 0 Å². The van der Waals surface area contributed by atoms with Crippen molar-refractivity contribution in [3.05, 3.63) is 71.0 Å². The molecule has 0 saturated carbocycles. The number of aromatic nitrogens is 4. The Morgan fingerprint density at radius 3 is 2.61 bits per heavy atom. The van der Waals surface area contributed by atoms with Crippen LogP contribution in [0.1, 0.15) is 18.1 Å². The molecule has 7 nitrogen and oxygen atoms in total. The molecule has 2 aromatic heterocycles. The predicted molar refractivity (Wildman–Crippen MR) is 130 cm³/mol. The molecule has 33 heavy (non-hydrogen) atoms. The quantitative estimate of drug-likeness (QED) is 0.419. The van der Waals surface area contributed by atoms with Crippen molar-refractivity contribution >= 4 is 17.2 Å². The average molecular weight is 463 g/mol. The van der Waals surface area contributed by atoms with Crippen molar-refractivity contribution in [3.8, 4) is 22.8 Å². The molecule has 1 aliphatic heterocycles. The molecule has 170 valence electrons. The second-order valence-electron chi connectivity index (χ2n) is 8.48. The van der Waals surface area contributed by atoms with Crippen LogP contribution in [-0.4, -0.2) is 62.8 Å². The largest absolute Gasteiger partial charge is 0.437 e. The summed E-state index contributed by atoms with van der Waals surface area (Å²) in [4.78, 5) is 4.85. The third kappa shape index (κ3) is 4.85. The third-order valence-electron chi connectivity index (χ3n) is 6.11. The van der Waals surface area contributed by atoms with Gasteiger partial charge in [0.2, 0.25) is 11.2 Å². The van der Waals surface area contributed by atoms with Crippen LogP contribution in [0, 0.1) is 0 Å². The lowest BCUT2D eigenvalue weighted by atomic mass is 9.99. The summed E-state index contributed by atoms with van der Waals surface area (Å²) in [7, 11) is 2.17. The van der Waals surface area contributed by atoms with E-state index >= 15 is 0 Å². The molecule has 5 rings (SSSR count). The zero-order valence-corrected chi connectivity index (χ0v) is 19.7. The van der Waals surface area contributed by atoms with Gasteiger partial charge in [0.15, 0.2) is 5.65 Å². The van der Waals surface area contributed by atoms with Crippen LogP contribution < -0.4 is 4.74 Å². The molecular weight excluding hydrogens is 436 g/mol. The highest BCUT2D eigenvalue weighted by Crippen LogP contribution is 2.35. The molecule has 0 N–H and O–H groups in total. The Kier molecular flexibility index (Phi) is 6.26. The first-order valence-corrected chi connectivity index (χ1v) is 11.7. The average Bonchev–Trinajstić information content (AvgIpc) is 3.21. The molecule has 0 radical (unpaired) electrons. The standard InChI is InChI=1S/C25H27ClN6O/c1-3-18-5-4-6-20(15-18)21-8-7-19(17-31-13-11-30(2)12-14-31)16-22(21)33-24-10-9-23-27-28-25(26)32(23)29-24/h4-10,15-16H,3,11-14,17H2,1-2H3. The number of ether oxygens (including phenoxy) is 1. The number of benzene rings is 2.